The van der Waals surface area contributed by atoms with Gasteiger partial charge >= 0.3 is 17.1 Å². The summed E-state index contributed by atoms with van der Waals surface area (Å²) in [5.74, 6) is -0.00420. The highest BCUT2D eigenvalue weighted by Gasteiger charge is 2.38. The maximum absolute atomic E-state index is 14.5. The first kappa shape index (κ1) is 34.4. The van der Waals surface area contributed by atoms with Gasteiger partial charge in [-0.15, -0.1) is 0 Å². The second-order valence-corrected chi connectivity index (χ2v) is 13.3. The highest BCUT2D eigenvalue weighted by Crippen LogP contribution is 2.38. The summed E-state index contributed by atoms with van der Waals surface area (Å²) < 4.78 is 4.09. The lowest BCUT2D eigenvalue weighted by molar-refractivity contribution is 0.166. The summed E-state index contributed by atoms with van der Waals surface area (Å²) in [7, 11) is 0. The number of carbonyl (C=O) groups excluding carboxylic acids is 3. The summed E-state index contributed by atoms with van der Waals surface area (Å²) in [5.41, 5.74) is -1.68. The quantitative estimate of drug-likeness (QED) is 0.242. The molecule has 0 saturated heterocycles. The molecular formula is C33H48N6O6. The molecule has 0 aliphatic heterocycles. The Morgan fingerprint density at radius 1 is 0.533 bits per heavy atom. The maximum atomic E-state index is 14.5. The Bertz CT molecular complexity index is 1390. The smallest absolute Gasteiger partial charge is 0.247 e. The van der Waals surface area contributed by atoms with E-state index in [9.17, 15) is 28.8 Å². The number of isocyanates is 3. The zero-order valence-corrected chi connectivity index (χ0v) is 26.9. The van der Waals surface area contributed by atoms with Gasteiger partial charge in [0.25, 0.3) is 0 Å². The van der Waals surface area contributed by atoms with Crippen molar-refractivity contribution in [2.75, 3.05) is 0 Å². The van der Waals surface area contributed by atoms with E-state index in [1.807, 2.05) is 20.8 Å². The number of hydrogen-bond donors (Lipinski definition) is 0. The van der Waals surface area contributed by atoms with Crippen LogP contribution in [0.15, 0.2) is 29.4 Å². The van der Waals surface area contributed by atoms with Crippen molar-refractivity contribution in [1.29, 1.82) is 0 Å². The molecule has 4 rings (SSSR count). The van der Waals surface area contributed by atoms with E-state index in [1.165, 1.54) is 13.7 Å². The number of aliphatic imine (C=N–C) groups is 3. The van der Waals surface area contributed by atoms with Crippen LogP contribution in [-0.4, -0.2) is 50.1 Å². The van der Waals surface area contributed by atoms with Crippen molar-refractivity contribution in [2.45, 2.75) is 153 Å². The van der Waals surface area contributed by atoms with Gasteiger partial charge in [0.1, 0.15) is 0 Å². The second kappa shape index (κ2) is 16.2. The summed E-state index contributed by atoms with van der Waals surface area (Å²) in [5, 5.41) is 0. The molecule has 45 heavy (non-hydrogen) atoms. The van der Waals surface area contributed by atoms with E-state index in [0.717, 1.165) is 19.3 Å². The Kier molecular flexibility index (Phi) is 12.4. The summed E-state index contributed by atoms with van der Waals surface area (Å²) in [6, 6.07) is -1.65. The van der Waals surface area contributed by atoms with Crippen LogP contribution in [0, 0.1) is 17.8 Å². The van der Waals surface area contributed by atoms with Crippen molar-refractivity contribution in [3.05, 3.63) is 31.5 Å². The summed E-state index contributed by atoms with van der Waals surface area (Å²) in [6.07, 6.45) is 15.2. The molecule has 3 aliphatic carbocycles. The first-order valence-corrected chi connectivity index (χ1v) is 17.0. The fourth-order valence-electron chi connectivity index (χ4n) is 8.75. The molecule has 12 heteroatoms. The van der Waals surface area contributed by atoms with Gasteiger partial charge in [-0.3, -0.25) is 0 Å². The average Bonchev–Trinajstić information content (AvgIpc) is 3.05. The lowest BCUT2D eigenvalue weighted by atomic mass is 9.80. The molecule has 3 saturated carbocycles. The number of hydrogen-bond acceptors (Lipinski definition) is 9. The SMILES string of the molecule is CCC(C1CCC(N=C=O)CC1)n1c(=O)n(C(CC)C2CCC(N=C=O)CC2)c(=O)n(C(CC)C2CCCC(N=C=O)C2)c1=O. The molecular weight excluding hydrogens is 576 g/mol. The maximum Gasteiger partial charge on any atom is 0.336 e. The number of rotatable bonds is 12. The highest BCUT2D eigenvalue weighted by atomic mass is 16.2. The van der Waals surface area contributed by atoms with Crippen molar-refractivity contribution in [3.8, 4) is 0 Å². The predicted octanol–water partition coefficient (Wildman–Crippen LogP) is 4.71. The number of aromatic nitrogens is 3. The van der Waals surface area contributed by atoms with E-state index < -0.39 is 35.2 Å². The molecule has 0 amide bonds. The average molecular weight is 625 g/mol. The van der Waals surface area contributed by atoms with Crippen molar-refractivity contribution in [1.82, 2.24) is 13.7 Å². The lowest BCUT2D eigenvalue weighted by Crippen LogP contribution is -2.59. The minimum atomic E-state index is -0.562. The standard InChI is InChI=1S/C33H48N6O6/c1-4-28(22-10-14-25(15-11-22)34-19-40)37-31(43)38(29(5-2)23-12-16-26(17-13-23)35-20-41)33(45)39(32(37)44)30(6-3)24-8-7-9-27(18-24)36-21-42/h22-30H,4-18H2,1-3H3. The van der Waals surface area contributed by atoms with Gasteiger partial charge in [-0.2, -0.15) is 0 Å². The molecule has 0 aromatic carbocycles. The van der Waals surface area contributed by atoms with Gasteiger partial charge in [0, 0.05) is 18.1 Å². The zero-order valence-electron chi connectivity index (χ0n) is 26.9. The van der Waals surface area contributed by atoms with Crippen molar-refractivity contribution in [3.63, 3.8) is 0 Å². The molecule has 0 spiro atoms. The van der Waals surface area contributed by atoms with Crippen molar-refractivity contribution >= 4 is 18.2 Å². The zero-order chi connectivity index (χ0) is 32.5. The van der Waals surface area contributed by atoms with E-state index in [1.54, 1.807) is 18.2 Å². The molecule has 1 aromatic rings. The number of nitrogens with zero attached hydrogens (tertiary/aromatic N) is 6. The van der Waals surface area contributed by atoms with Gasteiger partial charge in [-0.25, -0.2) is 57.4 Å². The lowest BCUT2D eigenvalue weighted by Gasteiger charge is -2.37. The summed E-state index contributed by atoms with van der Waals surface area (Å²) in [4.78, 5) is 88.2. The van der Waals surface area contributed by atoms with Gasteiger partial charge < -0.3 is 0 Å². The van der Waals surface area contributed by atoms with Gasteiger partial charge in [0.2, 0.25) is 18.2 Å². The predicted molar refractivity (Wildman–Crippen MR) is 169 cm³/mol. The molecule has 12 nitrogen and oxygen atoms in total. The molecule has 1 heterocycles. The van der Waals surface area contributed by atoms with E-state index in [2.05, 4.69) is 15.0 Å². The first-order chi connectivity index (χ1) is 21.8. The summed E-state index contributed by atoms with van der Waals surface area (Å²) >= 11 is 0. The van der Waals surface area contributed by atoms with Crippen LogP contribution in [0.2, 0.25) is 0 Å². The Labute approximate surface area is 263 Å². The third-order valence-electron chi connectivity index (χ3n) is 11.0. The molecule has 0 bridgehead atoms. The van der Waals surface area contributed by atoms with Crippen LogP contribution in [0.1, 0.15) is 135 Å². The highest BCUT2D eigenvalue weighted by molar-refractivity contribution is 5.34. The van der Waals surface area contributed by atoms with Gasteiger partial charge in [0.05, 0.1) is 18.1 Å². The third-order valence-corrected chi connectivity index (χ3v) is 11.0. The minimum absolute atomic E-state index is 0.0238. The minimum Gasteiger partial charge on any atom is -0.247 e. The van der Waals surface area contributed by atoms with Crippen LogP contribution >= 0.6 is 0 Å². The second-order valence-electron chi connectivity index (χ2n) is 13.3. The Hall–Kier alpha value is -3.45. The van der Waals surface area contributed by atoms with Gasteiger partial charge in [-0.1, -0.05) is 27.2 Å². The van der Waals surface area contributed by atoms with Crippen molar-refractivity contribution < 1.29 is 14.4 Å². The molecule has 5 atom stereocenters. The van der Waals surface area contributed by atoms with E-state index in [0.29, 0.717) is 77.0 Å². The van der Waals surface area contributed by atoms with E-state index in [4.69, 9.17) is 0 Å². The molecule has 5 unspecified atom stereocenters. The van der Waals surface area contributed by atoms with Crippen LogP contribution in [0.5, 0.6) is 0 Å². The Morgan fingerprint density at radius 2 is 0.889 bits per heavy atom. The van der Waals surface area contributed by atoms with Gasteiger partial charge in [0.15, 0.2) is 0 Å². The monoisotopic (exact) mass is 624 g/mol. The van der Waals surface area contributed by atoms with Crippen LogP contribution < -0.4 is 17.1 Å². The van der Waals surface area contributed by atoms with Gasteiger partial charge in [-0.05, 0) is 108 Å². The third kappa shape index (κ3) is 7.51. The Balaban J connectivity index is 1.86. The molecule has 1 aromatic heterocycles. The van der Waals surface area contributed by atoms with Crippen LogP contribution in [-0.2, 0) is 14.4 Å². The molecule has 3 aliphatic rings. The molecule has 246 valence electrons. The fraction of sp³-hybridized carbons (Fsp3) is 0.818. The van der Waals surface area contributed by atoms with Crippen LogP contribution in [0.25, 0.3) is 0 Å². The molecule has 3 fully saturated rings. The van der Waals surface area contributed by atoms with Crippen LogP contribution in [0.4, 0.5) is 0 Å². The summed E-state index contributed by atoms with van der Waals surface area (Å²) in [6.45, 7) is 5.90. The molecule has 0 N–H and O–H groups in total. The fourth-order valence-corrected chi connectivity index (χ4v) is 8.75. The van der Waals surface area contributed by atoms with Crippen LogP contribution in [0.3, 0.4) is 0 Å². The largest absolute Gasteiger partial charge is 0.336 e. The van der Waals surface area contributed by atoms with E-state index >= 15 is 0 Å². The Morgan fingerprint density at radius 3 is 1.24 bits per heavy atom. The van der Waals surface area contributed by atoms with Crippen molar-refractivity contribution in [2.24, 2.45) is 32.7 Å². The topological polar surface area (TPSA) is 154 Å². The normalized spacial score (nSPS) is 28.9. The van der Waals surface area contributed by atoms with E-state index in [-0.39, 0.29) is 35.9 Å². The molecule has 0 radical (unpaired) electrons. The first-order valence-electron chi connectivity index (χ1n) is 17.0.